The molecular weight excluding hydrogens is 909 g/mol. The van der Waals surface area contributed by atoms with E-state index in [9.17, 15) is 75.0 Å². The monoisotopic (exact) mass is 976 g/mol. The summed E-state index contributed by atoms with van der Waals surface area (Å²) in [4.78, 5) is 63.5. The molecule has 4 amide bonds. The Morgan fingerprint density at radius 2 is 0.812 bits per heavy atom. The average Bonchev–Trinajstić information content (AvgIpc) is 3.25. The fourth-order valence-electron chi connectivity index (χ4n) is 6.90. The second kappa shape index (κ2) is 28.3. The van der Waals surface area contributed by atoms with E-state index in [0.29, 0.717) is 25.7 Å². The Morgan fingerprint density at radius 3 is 1.17 bits per heavy atom. The van der Waals surface area contributed by atoms with Crippen molar-refractivity contribution in [3.05, 3.63) is 0 Å². The molecule has 370 valence electrons. The van der Waals surface area contributed by atoms with Crippen molar-refractivity contribution in [2.45, 2.75) is 180 Å². The number of aliphatic hydroxyl groups is 9. The molecule has 64 heavy (non-hydrogen) atoms. The van der Waals surface area contributed by atoms with Crippen molar-refractivity contribution in [3.8, 4) is 0 Å². The highest BCUT2D eigenvalue weighted by Gasteiger charge is 2.44. The highest BCUT2D eigenvalue weighted by molar-refractivity contribution is 8.00. The molecule has 3 heterocycles. The average molecular weight is 977 g/mol. The first kappa shape index (κ1) is 56.2. The summed E-state index contributed by atoms with van der Waals surface area (Å²) in [6.07, 6.45) is -12.7. The van der Waals surface area contributed by atoms with Crippen molar-refractivity contribution in [2.75, 3.05) is 30.3 Å². The number of hydrogen-bond donors (Lipinski definition) is 14. The molecule has 17 atom stereocenters. The number of carbonyl (C=O) groups is 5. The predicted octanol–water partition coefficient (Wildman–Crippen LogP) is -3.53. The number of thioether (sulfide) groups is 3. The molecule has 0 aromatic heterocycles. The zero-order valence-electron chi connectivity index (χ0n) is 36.2. The molecule has 0 aromatic carbocycles. The highest BCUT2D eigenvalue weighted by Crippen LogP contribution is 2.31. The third-order valence-corrected chi connectivity index (χ3v) is 14.5. The lowest BCUT2D eigenvalue weighted by atomic mass is 10.0. The molecule has 0 aromatic rings. The minimum Gasteiger partial charge on any atom is -0.480 e. The zero-order chi connectivity index (χ0) is 47.7. The smallest absolute Gasteiger partial charge is 0.326 e. The van der Waals surface area contributed by atoms with Gasteiger partial charge in [-0.1, -0.05) is 0 Å². The van der Waals surface area contributed by atoms with Gasteiger partial charge in [-0.05, 0) is 59.3 Å². The van der Waals surface area contributed by atoms with Crippen LogP contribution in [0.25, 0.3) is 0 Å². The molecule has 3 aliphatic heterocycles. The van der Waals surface area contributed by atoms with E-state index in [4.69, 9.17) is 14.2 Å². The summed E-state index contributed by atoms with van der Waals surface area (Å²) >= 11 is 3.29. The van der Waals surface area contributed by atoms with Crippen molar-refractivity contribution < 1.29 is 89.2 Å². The van der Waals surface area contributed by atoms with E-state index >= 15 is 0 Å². The molecule has 0 unspecified atom stereocenters. The molecule has 3 aliphatic rings. The second-order valence-electron chi connectivity index (χ2n) is 16.1. The summed E-state index contributed by atoms with van der Waals surface area (Å²) in [5.41, 5.74) is -2.58. The van der Waals surface area contributed by atoms with E-state index in [1.807, 2.05) is 0 Å². The van der Waals surface area contributed by atoms with Crippen LogP contribution in [0.2, 0.25) is 0 Å². The first-order valence-corrected chi connectivity index (χ1v) is 24.7. The molecule has 3 saturated heterocycles. The quantitative estimate of drug-likeness (QED) is 0.0373. The maximum Gasteiger partial charge on any atom is 0.326 e. The summed E-state index contributed by atoms with van der Waals surface area (Å²) in [6.45, 7) is 5.09. The number of aliphatic hydroxyl groups excluding tert-OH is 9. The summed E-state index contributed by atoms with van der Waals surface area (Å²) in [5, 5.41) is 111. The molecule has 0 aliphatic carbocycles. The van der Waals surface area contributed by atoms with Gasteiger partial charge in [0, 0.05) is 49.6 Å². The van der Waals surface area contributed by atoms with E-state index in [1.54, 1.807) is 13.8 Å². The molecule has 3 fully saturated rings. The molecule has 0 bridgehead atoms. The molecular formula is C39H68N4O18S3. The van der Waals surface area contributed by atoms with Crippen LogP contribution in [0.5, 0.6) is 0 Å². The number of hydrogen-bond acceptors (Lipinski definition) is 20. The minimum absolute atomic E-state index is 0.00771. The highest BCUT2D eigenvalue weighted by atomic mass is 32.2. The van der Waals surface area contributed by atoms with Gasteiger partial charge in [-0.2, -0.15) is 0 Å². The number of aliphatic carboxylic acids is 1. The van der Waals surface area contributed by atoms with Gasteiger partial charge in [0.1, 0.15) is 83.3 Å². The lowest BCUT2D eigenvalue weighted by molar-refractivity contribution is -0.192. The normalized spacial score (nSPS) is 34.0. The van der Waals surface area contributed by atoms with E-state index < -0.39 is 119 Å². The number of carboxylic acids is 1. The Kier molecular flexibility index (Phi) is 24.9. The van der Waals surface area contributed by atoms with Gasteiger partial charge >= 0.3 is 5.97 Å². The Balaban J connectivity index is 1.45. The summed E-state index contributed by atoms with van der Waals surface area (Å²) in [6, 6.07) is -2.48. The summed E-state index contributed by atoms with van der Waals surface area (Å²) in [7, 11) is 0. The van der Waals surface area contributed by atoms with Gasteiger partial charge in [0.05, 0.1) is 18.3 Å². The van der Waals surface area contributed by atoms with Crippen LogP contribution in [0.15, 0.2) is 0 Å². The van der Waals surface area contributed by atoms with Gasteiger partial charge in [-0.25, -0.2) is 4.79 Å². The third-order valence-electron chi connectivity index (χ3n) is 11.0. The van der Waals surface area contributed by atoms with Crippen molar-refractivity contribution >= 4 is 64.9 Å². The SMILES string of the molecule is C[C@@H]1O[C@H](SCCC(=O)NCCCC[C@H](NC(=O)[C@H](CCCCNC(=O)CCS[C@H]2O[C@@H](C)[C@@H](O)[C@@H](O)[C@@H]2O)NC(=O)CCS[C@H]2O[C@@H](C)[C@@H](O)[C@@H](O)[C@@H]2O)C(=O)O)[C@@H](O)[C@H](O)[C@@H]1O. The fourth-order valence-corrected chi connectivity index (χ4v) is 10.3. The van der Waals surface area contributed by atoms with Crippen LogP contribution < -0.4 is 21.3 Å². The molecule has 0 saturated carbocycles. The number of nitrogens with one attached hydrogen (secondary N) is 4. The van der Waals surface area contributed by atoms with Crippen molar-refractivity contribution in [1.29, 1.82) is 0 Å². The standard InChI is InChI=1S/C39H68N4O18S3/c1-18-26(47)29(50)32(53)37(59-18)62-15-10-23(44)40-13-6-4-8-21(42-25(46)12-17-64-39-34(55)31(52)28(49)20(3)61-39)35(56)43-22(36(57)58)9-5-7-14-41-24(45)11-16-63-38-33(54)30(51)27(48)19(2)60-38/h18-22,26-34,37-39,47-55H,4-17H2,1-3H3,(H,40,44)(H,41,45)(H,42,46)(H,43,56)(H,57,58)/t18-,19-,20-,21-,22-,26+,27+,28+,29+,30+,31+,32-,33-,34-,37+,38+,39+/m0/s1. The third kappa shape index (κ3) is 17.9. The largest absolute Gasteiger partial charge is 0.480 e. The number of unbranched alkanes of at least 4 members (excludes halogenated alkanes) is 2. The van der Waals surface area contributed by atoms with Crippen LogP contribution in [0.4, 0.5) is 0 Å². The van der Waals surface area contributed by atoms with Gasteiger partial charge in [-0.15, -0.1) is 35.3 Å². The van der Waals surface area contributed by atoms with Crippen LogP contribution in [-0.4, -0.2) is 213 Å². The number of carboxylic acid groups (broad SMARTS) is 1. The molecule has 14 N–H and O–H groups in total. The fraction of sp³-hybridized carbons (Fsp3) is 0.872. The molecule has 25 heteroatoms. The van der Waals surface area contributed by atoms with Gasteiger partial charge in [0.25, 0.3) is 0 Å². The maximum atomic E-state index is 13.5. The number of carbonyl (C=O) groups excluding carboxylic acids is 4. The summed E-state index contributed by atoms with van der Waals surface area (Å²) < 4.78 is 16.6. The van der Waals surface area contributed by atoms with Gasteiger partial charge in [0.15, 0.2) is 0 Å². The lowest BCUT2D eigenvalue weighted by Gasteiger charge is -2.38. The van der Waals surface area contributed by atoms with E-state index in [2.05, 4.69) is 21.3 Å². The molecule has 22 nitrogen and oxygen atoms in total. The van der Waals surface area contributed by atoms with Gasteiger partial charge < -0.3 is 86.5 Å². The molecule has 3 rings (SSSR count). The summed E-state index contributed by atoms with van der Waals surface area (Å²) in [5.74, 6) is -2.61. The molecule has 0 spiro atoms. The van der Waals surface area contributed by atoms with Gasteiger partial charge in [-0.3, -0.25) is 19.2 Å². The number of rotatable bonds is 26. The topological polar surface area (TPSA) is 363 Å². The van der Waals surface area contributed by atoms with Crippen molar-refractivity contribution in [2.24, 2.45) is 0 Å². The van der Waals surface area contributed by atoms with Crippen LogP contribution >= 0.6 is 35.3 Å². The first-order chi connectivity index (χ1) is 30.2. The minimum atomic E-state index is -1.45. The van der Waals surface area contributed by atoms with Gasteiger partial charge in [0.2, 0.25) is 23.6 Å². The number of ether oxygens (including phenoxy) is 3. The van der Waals surface area contributed by atoms with Crippen LogP contribution in [0.1, 0.15) is 78.6 Å². The van der Waals surface area contributed by atoms with E-state index in [0.717, 1.165) is 35.3 Å². The first-order valence-electron chi connectivity index (χ1n) is 21.5. The van der Waals surface area contributed by atoms with Crippen molar-refractivity contribution in [3.63, 3.8) is 0 Å². The Bertz CT molecular complexity index is 1480. The second-order valence-corrected chi connectivity index (χ2v) is 19.7. The van der Waals surface area contributed by atoms with Crippen molar-refractivity contribution in [1.82, 2.24) is 21.3 Å². The molecule has 0 radical (unpaired) electrons. The lowest BCUT2D eigenvalue weighted by Crippen LogP contribution is -2.55. The van der Waals surface area contributed by atoms with E-state index in [-0.39, 0.29) is 74.3 Å². The van der Waals surface area contributed by atoms with Crippen LogP contribution in [-0.2, 0) is 38.2 Å². The zero-order valence-corrected chi connectivity index (χ0v) is 38.6. The van der Waals surface area contributed by atoms with Crippen LogP contribution in [0.3, 0.4) is 0 Å². The Hall–Kier alpha value is -2.08. The maximum absolute atomic E-state index is 13.5. The van der Waals surface area contributed by atoms with Crippen LogP contribution in [0, 0.1) is 0 Å². The van der Waals surface area contributed by atoms with E-state index in [1.165, 1.54) is 6.92 Å². The number of amides is 4. The predicted molar refractivity (Wildman–Crippen MR) is 234 cm³/mol. The Morgan fingerprint density at radius 1 is 0.469 bits per heavy atom. The Labute approximate surface area is 384 Å².